The van der Waals surface area contributed by atoms with Crippen LogP contribution in [0.4, 0.5) is 17.5 Å². The number of aliphatic carboxylic acids is 1. The van der Waals surface area contributed by atoms with Gasteiger partial charge in [-0.15, -0.1) is 0 Å². The van der Waals surface area contributed by atoms with Crippen molar-refractivity contribution in [2.75, 3.05) is 30.0 Å². The van der Waals surface area contributed by atoms with Crippen LogP contribution in [0.15, 0.2) is 30.5 Å². The van der Waals surface area contributed by atoms with Crippen molar-refractivity contribution in [2.45, 2.75) is 6.54 Å². The molecule has 1 amide bonds. The van der Waals surface area contributed by atoms with E-state index in [2.05, 4.69) is 25.3 Å². The molecule has 0 unspecified atom stereocenters. The summed E-state index contributed by atoms with van der Waals surface area (Å²) in [5.74, 6) is -1.35. The van der Waals surface area contributed by atoms with Crippen molar-refractivity contribution >= 4 is 40.5 Å². The summed E-state index contributed by atoms with van der Waals surface area (Å²) < 4.78 is 0. The van der Waals surface area contributed by atoms with Crippen LogP contribution in [-0.2, 0) is 11.3 Å². The van der Waals surface area contributed by atoms with E-state index in [4.69, 9.17) is 16.6 Å². The molecular formula is C17H18N8O3. The first kappa shape index (κ1) is 18.8. The van der Waals surface area contributed by atoms with Crippen LogP contribution in [-0.4, -0.2) is 50.5 Å². The summed E-state index contributed by atoms with van der Waals surface area (Å²) in [5.41, 5.74) is 13.9. The number of carbonyl (C=O) groups excluding carboxylic acids is 1. The van der Waals surface area contributed by atoms with Crippen molar-refractivity contribution in [1.82, 2.24) is 25.3 Å². The van der Waals surface area contributed by atoms with Gasteiger partial charge in [0.1, 0.15) is 6.54 Å². The Morgan fingerprint density at radius 1 is 1.14 bits per heavy atom. The van der Waals surface area contributed by atoms with Crippen LogP contribution in [0.3, 0.4) is 0 Å². The van der Waals surface area contributed by atoms with Crippen LogP contribution in [0, 0.1) is 0 Å². The number of fused-ring (bicyclic) bond motifs is 1. The predicted octanol–water partition coefficient (Wildman–Crippen LogP) is 0.0350. The molecule has 0 bridgehead atoms. The lowest BCUT2D eigenvalue weighted by molar-refractivity contribution is -0.135. The summed E-state index contributed by atoms with van der Waals surface area (Å²) in [7, 11) is 1.86. The second-order valence-corrected chi connectivity index (χ2v) is 5.98. The lowest BCUT2D eigenvalue weighted by atomic mass is 10.2. The number of amides is 1. The van der Waals surface area contributed by atoms with Crippen LogP contribution in [0.1, 0.15) is 16.1 Å². The van der Waals surface area contributed by atoms with Gasteiger partial charge in [-0.2, -0.15) is 9.97 Å². The normalized spacial score (nSPS) is 10.6. The highest BCUT2D eigenvalue weighted by Crippen LogP contribution is 2.18. The van der Waals surface area contributed by atoms with Crippen molar-refractivity contribution in [2.24, 2.45) is 0 Å². The Balaban J connectivity index is 1.72. The molecule has 0 atom stereocenters. The molecule has 0 radical (unpaired) electrons. The molecule has 3 rings (SSSR count). The number of hydrogen-bond donors (Lipinski definition) is 4. The monoisotopic (exact) mass is 384 g/mol. The van der Waals surface area contributed by atoms with Crippen molar-refractivity contribution < 1.29 is 14.7 Å². The molecule has 0 spiro atoms. The summed E-state index contributed by atoms with van der Waals surface area (Å²) >= 11 is 0. The molecular weight excluding hydrogens is 366 g/mol. The Bertz CT molecular complexity index is 1040. The molecule has 0 saturated carbocycles. The van der Waals surface area contributed by atoms with Crippen molar-refractivity contribution in [3.05, 3.63) is 41.7 Å². The molecule has 6 N–H and O–H groups in total. The Morgan fingerprint density at radius 2 is 1.86 bits per heavy atom. The predicted molar refractivity (Wildman–Crippen MR) is 102 cm³/mol. The van der Waals surface area contributed by atoms with E-state index in [-0.39, 0.29) is 11.8 Å². The minimum atomic E-state index is -1.10. The fourth-order valence-electron chi connectivity index (χ4n) is 2.52. The molecule has 0 aliphatic rings. The van der Waals surface area contributed by atoms with Crippen LogP contribution in [0.25, 0.3) is 11.2 Å². The van der Waals surface area contributed by atoms with E-state index in [9.17, 15) is 9.59 Å². The van der Waals surface area contributed by atoms with Gasteiger partial charge in [0.25, 0.3) is 5.91 Å². The second-order valence-electron chi connectivity index (χ2n) is 5.98. The third kappa shape index (κ3) is 4.20. The van der Waals surface area contributed by atoms with Gasteiger partial charge in [-0.3, -0.25) is 9.59 Å². The highest BCUT2D eigenvalue weighted by atomic mass is 16.5. The summed E-state index contributed by atoms with van der Waals surface area (Å²) in [5, 5.41) is 10.9. The Hall–Kier alpha value is -4.02. The van der Waals surface area contributed by atoms with Gasteiger partial charge in [0.15, 0.2) is 17.0 Å². The Labute approximate surface area is 159 Å². The molecule has 0 aliphatic heterocycles. The number of rotatable bonds is 6. The number of nitrogens with two attached hydrogens (primary N) is 2. The minimum absolute atomic E-state index is 0.0386. The molecule has 0 saturated heterocycles. The molecule has 11 heteroatoms. The summed E-state index contributed by atoms with van der Waals surface area (Å²) in [6.07, 6.45) is 1.58. The van der Waals surface area contributed by atoms with Crippen LogP contribution in [0.5, 0.6) is 0 Å². The first-order valence-corrected chi connectivity index (χ1v) is 8.19. The lowest BCUT2D eigenvalue weighted by Crippen LogP contribution is -2.29. The number of carboxylic acids is 1. The van der Waals surface area contributed by atoms with Crippen molar-refractivity contribution in [3.8, 4) is 0 Å². The summed E-state index contributed by atoms with van der Waals surface area (Å²) in [6, 6.07) is 6.73. The molecule has 0 aliphatic carbocycles. The zero-order chi connectivity index (χ0) is 20.3. The number of aromatic nitrogens is 4. The number of nitrogens with zero attached hydrogens (tertiary/aromatic N) is 5. The SMILES string of the molecule is CN(Cc1cnc2nc(N)nc(N)c2n1)c1ccc(C(=O)N[13CH2][13C](=O)O)cc1. The average molecular weight is 384 g/mol. The number of nitrogens with one attached hydrogen (secondary N) is 1. The molecule has 2 aromatic heterocycles. The number of benzene rings is 1. The maximum atomic E-state index is 11.9. The van der Waals surface area contributed by atoms with Gasteiger partial charge in [0.2, 0.25) is 5.95 Å². The van der Waals surface area contributed by atoms with Gasteiger partial charge in [0, 0.05) is 18.3 Å². The Kier molecular flexibility index (Phi) is 5.16. The maximum absolute atomic E-state index is 11.9. The molecule has 28 heavy (non-hydrogen) atoms. The molecule has 144 valence electrons. The fraction of sp³-hybridized carbons (Fsp3) is 0.176. The van der Waals surface area contributed by atoms with Gasteiger partial charge >= 0.3 is 5.97 Å². The molecule has 0 fully saturated rings. The number of carboxylic acid groups (broad SMARTS) is 1. The smallest absolute Gasteiger partial charge is 0.322 e. The molecule has 3 aromatic rings. The molecule has 11 nitrogen and oxygen atoms in total. The summed E-state index contributed by atoms with van der Waals surface area (Å²) in [4.78, 5) is 40.8. The fourth-order valence-corrected chi connectivity index (χ4v) is 2.52. The van der Waals surface area contributed by atoms with Gasteiger partial charge in [0.05, 0.1) is 18.4 Å². The van der Waals surface area contributed by atoms with Gasteiger partial charge in [-0.1, -0.05) is 0 Å². The third-order valence-corrected chi connectivity index (χ3v) is 3.87. The number of anilines is 3. The van der Waals surface area contributed by atoms with E-state index in [0.29, 0.717) is 29.0 Å². The second kappa shape index (κ2) is 7.70. The number of hydrogen-bond acceptors (Lipinski definition) is 9. The zero-order valence-electron chi connectivity index (χ0n) is 15.0. The van der Waals surface area contributed by atoms with Gasteiger partial charge < -0.3 is 26.8 Å². The largest absolute Gasteiger partial charge is 0.480 e. The van der Waals surface area contributed by atoms with E-state index in [1.807, 2.05) is 11.9 Å². The lowest BCUT2D eigenvalue weighted by Gasteiger charge is -2.19. The van der Waals surface area contributed by atoms with Crippen LogP contribution < -0.4 is 21.7 Å². The third-order valence-electron chi connectivity index (χ3n) is 3.87. The van der Waals surface area contributed by atoms with E-state index < -0.39 is 18.4 Å². The van der Waals surface area contributed by atoms with E-state index >= 15 is 0 Å². The minimum Gasteiger partial charge on any atom is -0.480 e. The molecule has 2 heterocycles. The Morgan fingerprint density at radius 3 is 2.54 bits per heavy atom. The van der Waals surface area contributed by atoms with E-state index in [1.165, 1.54) is 0 Å². The quantitative estimate of drug-likeness (QED) is 0.425. The van der Waals surface area contributed by atoms with E-state index in [0.717, 1.165) is 5.69 Å². The van der Waals surface area contributed by atoms with Gasteiger partial charge in [-0.05, 0) is 24.3 Å². The summed E-state index contributed by atoms with van der Waals surface area (Å²) in [6.45, 7) is -0.00305. The molecule has 1 aromatic carbocycles. The van der Waals surface area contributed by atoms with Crippen molar-refractivity contribution in [1.29, 1.82) is 0 Å². The number of carbonyl (C=O) groups is 2. The van der Waals surface area contributed by atoms with Gasteiger partial charge in [-0.25, -0.2) is 9.97 Å². The van der Waals surface area contributed by atoms with E-state index in [1.54, 1.807) is 30.5 Å². The zero-order valence-corrected chi connectivity index (χ0v) is 15.0. The maximum Gasteiger partial charge on any atom is 0.322 e. The van der Waals surface area contributed by atoms with Crippen LogP contribution in [0.2, 0.25) is 0 Å². The first-order valence-electron chi connectivity index (χ1n) is 8.19. The highest BCUT2D eigenvalue weighted by Gasteiger charge is 2.11. The highest BCUT2D eigenvalue weighted by molar-refractivity contribution is 5.96. The van der Waals surface area contributed by atoms with Crippen molar-refractivity contribution in [3.63, 3.8) is 0 Å². The first-order chi connectivity index (χ1) is 13.3. The number of nitrogen functional groups attached to an aromatic ring is 2. The average Bonchev–Trinajstić information content (AvgIpc) is 2.66. The standard InChI is InChI=1S/C17H18N8O3/c1-25(11-4-2-9(3-5-11)16(28)21-7-12(26)27)8-10-6-20-15-13(22-10)14(18)23-17(19)24-15/h2-6H,7-8H2,1H3,(H,21,28)(H,26,27)(H4,18,19,20,23,24)/i7+1,12+1. The topological polar surface area (TPSA) is 173 Å². The van der Waals surface area contributed by atoms with Crippen LogP contribution >= 0.6 is 0 Å².